The molecule has 0 aromatic carbocycles. The number of hydrogen-bond acceptors (Lipinski definition) is 4. The molecule has 2 N–H and O–H groups in total. The SMILES string of the molecule is O=C(CSCc1cccs1)NC1CCCC1CO. The van der Waals surface area contributed by atoms with Crippen molar-refractivity contribution in [3.05, 3.63) is 22.4 Å². The molecule has 2 atom stereocenters. The fourth-order valence-electron chi connectivity index (χ4n) is 2.33. The van der Waals surface area contributed by atoms with E-state index < -0.39 is 0 Å². The zero-order valence-corrected chi connectivity index (χ0v) is 11.9. The average Bonchev–Trinajstić information content (AvgIpc) is 3.00. The summed E-state index contributed by atoms with van der Waals surface area (Å²) >= 11 is 3.37. The molecule has 1 aromatic heterocycles. The summed E-state index contributed by atoms with van der Waals surface area (Å²) in [5.74, 6) is 1.77. The lowest BCUT2D eigenvalue weighted by Crippen LogP contribution is -2.39. The Morgan fingerprint density at radius 3 is 3.17 bits per heavy atom. The van der Waals surface area contributed by atoms with Gasteiger partial charge in [0.15, 0.2) is 0 Å². The predicted molar refractivity (Wildman–Crippen MR) is 76.8 cm³/mol. The van der Waals surface area contributed by atoms with E-state index in [1.807, 2.05) is 6.07 Å². The number of hydrogen-bond donors (Lipinski definition) is 2. The van der Waals surface area contributed by atoms with Gasteiger partial charge in [-0.3, -0.25) is 4.79 Å². The highest BCUT2D eigenvalue weighted by molar-refractivity contribution is 7.99. The molecule has 1 amide bonds. The molecular formula is C13H19NO2S2. The number of aliphatic hydroxyl groups excluding tert-OH is 1. The van der Waals surface area contributed by atoms with E-state index in [4.69, 9.17) is 0 Å². The highest BCUT2D eigenvalue weighted by Crippen LogP contribution is 2.25. The van der Waals surface area contributed by atoms with Crippen LogP contribution in [0.4, 0.5) is 0 Å². The van der Waals surface area contributed by atoms with Crippen molar-refractivity contribution in [2.24, 2.45) is 5.92 Å². The Labute approximate surface area is 116 Å². The summed E-state index contributed by atoms with van der Waals surface area (Å²) in [6.45, 7) is 0.188. The Kier molecular flexibility index (Phi) is 5.53. The maximum atomic E-state index is 11.8. The van der Waals surface area contributed by atoms with Gasteiger partial charge in [-0.05, 0) is 24.3 Å². The lowest BCUT2D eigenvalue weighted by atomic mass is 10.1. The zero-order chi connectivity index (χ0) is 12.8. The highest BCUT2D eigenvalue weighted by atomic mass is 32.2. The second-order valence-corrected chi connectivity index (χ2v) is 6.64. The van der Waals surface area contributed by atoms with Crippen molar-refractivity contribution in [1.29, 1.82) is 0 Å². The predicted octanol–water partition coefficient (Wildman–Crippen LogP) is 2.26. The van der Waals surface area contributed by atoms with E-state index in [9.17, 15) is 9.90 Å². The first-order chi connectivity index (χ1) is 8.79. The van der Waals surface area contributed by atoms with Crippen molar-refractivity contribution < 1.29 is 9.90 Å². The first-order valence-electron chi connectivity index (χ1n) is 6.30. The summed E-state index contributed by atoms with van der Waals surface area (Å²) in [7, 11) is 0. The molecule has 0 radical (unpaired) electrons. The van der Waals surface area contributed by atoms with E-state index in [1.165, 1.54) is 4.88 Å². The molecular weight excluding hydrogens is 266 g/mol. The van der Waals surface area contributed by atoms with Gasteiger partial charge < -0.3 is 10.4 Å². The van der Waals surface area contributed by atoms with Crippen molar-refractivity contribution in [2.75, 3.05) is 12.4 Å². The third-order valence-electron chi connectivity index (χ3n) is 3.30. The van der Waals surface area contributed by atoms with E-state index in [-0.39, 0.29) is 24.5 Å². The molecule has 0 aliphatic heterocycles. The van der Waals surface area contributed by atoms with Crippen LogP contribution >= 0.6 is 23.1 Å². The van der Waals surface area contributed by atoms with Gasteiger partial charge in [-0.15, -0.1) is 23.1 Å². The van der Waals surface area contributed by atoms with Gasteiger partial charge in [0.05, 0.1) is 5.75 Å². The van der Waals surface area contributed by atoms with Crippen LogP contribution in [-0.4, -0.2) is 29.4 Å². The molecule has 18 heavy (non-hydrogen) atoms. The van der Waals surface area contributed by atoms with Crippen molar-refractivity contribution in [1.82, 2.24) is 5.32 Å². The standard InChI is InChI=1S/C13H19NO2S2/c15-7-10-3-1-5-12(10)14-13(16)9-17-8-11-4-2-6-18-11/h2,4,6,10,12,15H,1,3,5,7-9H2,(H,14,16). The largest absolute Gasteiger partial charge is 0.396 e. The lowest BCUT2D eigenvalue weighted by Gasteiger charge is -2.18. The summed E-state index contributed by atoms with van der Waals surface area (Å²) < 4.78 is 0. The summed E-state index contributed by atoms with van der Waals surface area (Å²) in [6.07, 6.45) is 3.15. The minimum absolute atomic E-state index is 0.0990. The van der Waals surface area contributed by atoms with Crippen LogP contribution in [0, 0.1) is 5.92 Å². The van der Waals surface area contributed by atoms with Crippen LogP contribution in [0.1, 0.15) is 24.1 Å². The van der Waals surface area contributed by atoms with Crippen molar-refractivity contribution in [3.8, 4) is 0 Å². The summed E-state index contributed by atoms with van der Waals surface area (Å²) in [5, 5.41) is 14.3. The molecule has 1 fully saturated rings. The summed E-state index contributed by atoms with van der Waals surface area (Å²) in [4.78, 5) is 13.1. The van der Waals surface area contributed by atoms with E-state index in [1.54, 1.807) is 23.1 Å². The quantitative estimate of drug-likeness (QED) is 0.843. The number of carbonyl (C=O) groups is 1. The van der Waals surface area contributed by atoms with Crippen LogP contribution in [0.5, 0.6) is 0 Å². The Hall–Kier alpha value is -0.520. The first kappa shape index (κ1) is 13.9. The molecule has 0 saturated heterocycles. The number of thiophene rings is 1. The number of carbonyl (C=O) groups excluding carboxylic acids is 1. The number of amides is 1. The fraction of sp³-hybridized carbons (Fsp3) is 0.615. The minimum atomic E-state index is 0.0990. The van der Waals surface area contributed by atoms with Gasteiger partial charge in [-0.1, -0.05) is 12.5 Å². The number of nitrogens with one attached hydrogen (secondary N) is 1. The number of thioether (sulfide) groups is 1. The van der Waals surface area contributed by atoms with Gasteiger partial charge in [0.2, 0.25) is 5.91 Å². The van der Waals surface area contributed by atoms with Gasteiger partial charge in [-0.25, -0.2) is 0 Å². The van der Waals surface area contributed by atoms with E-state index in [0.29, 0.717) is 5.75 Å². The van der Waals surface area contributed by atoms with Crippen LogP contribution in [0.2, 0.25) is 0 Å². The molecule has 1 aromatic rings. The Balaban J connectivity index is 1.65. The summed E-state index contributed by atoms with van der Waals surface area (Å²) in [6, 6.07) is 4.31. The molecule has 0 bridgehead atoms. The molecule has 3 nitrogen and oxygen atoms in total. The van der Waals surface area contributed by atoms with E-state index in [0.717, 1.165) is 25.0 Å². The molecule has 1 aliphatic rings. The van der Waals surface area contributed by atoms with Gasteiger partial charge in [0.1, 0.15) is 0 Å². The molecule has 1 aliphatic carbocycles. The number of aliphatic hydroxyl groups is 1. The van der Waals surface area contributed by atoms with Gasteiger partial charge >= 0.3 is 0 Å². The maximum Gasteiger partial charge on any atom is 0.230 e. The van der Waals surface area contributed by atoms with E-state index in [2.05, 4.69) is 16.8 Å². The van der Waals surface area contributed by atoms with Crippen LogP contribution in [0.25, 0.3) is 0 Å². The Morgan fingerprint density at radius 1 is 1.56 bits per heavy atom. The second kappa shape index (κ2) is 7.16. The summed E-state index contributed by atoms with van der Waals surface area (Å²) in [5.41, 5.74) is 0. The first-order valence-corrected chi connectivity index (χ1v) is 8.33. The highest BCUT2D eigenvalue weighted by Gasteiger charge is 2.27. The maximum absolute atomic E-state index is 11.8. The molecule has 1 heterocycles. The molecule has 100 valence electrons. The molecule has 5 heteroatoms. The molecule has 2 unspecified atom stereocenters. The monoisotopic (exact) mass is 285 g/mol. The van der Waals surface area contributed by atoms with E-state index >= 15 is 0 Å². The number of rotatable bonds is 6. The topological polar surface area (TPSA) is 49.3 Å². The van der Waals surface area contributed by atoms with Crippen LogP contribution < -0.4 is 5.32 Å². The van der Waals surface area contributed by atoms with Crippen molar-refractivity contribution in [2.45, 2.75) is 31.1 Å². The Morgan fingerprint density at radius 2 is 2.44 bits per heavy atom. The fourth-order valence-corrected chi connectivity index (χ4v) is 4.01. The van der Waals surface area contributed by atoms with Crippen LogP contribution in [0.15, 0.2) is 17.5 Å². The van der Waals surface area contributed by atoms with Crippen molar-refractivity contribution in [3.63, 3.8) is 0 Å². The van der Waals surface area contributed by atoms with Crippen LogP contribution in [0.3, 0.4) is 0 Å². The van der Waals surface area contributed by atoms with Gasteiger partial charge in [0.25, 0.3) is 0 Å². The minimum Gasteiger partial charge on any atom is -0.396 e. The molecule has 1 saturated carbocycles. The van der Waals surface area contributed by atoms with Crippen LogP contribution in [-0.2, 0) is 10.5 Å². The zero-order valence-electron chi connectivity index (χ0n) is 10.3. The second-order valence-electron chi connectivity index (χ2n) is 4.62. The average molecular weight is 285 g/mol. The third kappa shape index (κ3) is 4.00. The smallest absolute Gasteiger partial charge is 0.230 e. The van der Waals surface area contributed by atoms with Crippen molar-refractivity contribution >= 4 is 29.0 Å². The third-order valence-corrected chi connectivity index (χ3v) is 5.34. The van der Waals surface area contributed by atoms with Gasteiger partial charge in [0, 0.05) is 29.2 Å². The lowest BCUT2D eigenvalue weighted by molar-refractivity contribution is -0.119. The Bertz CT molecular complexity index is 367. The molecule has 2 rings (SSSR count). The molecule has 0 spiro atoms. The van der Waals surface area contributed by atoms with Gasteiger partial charge in [-0.2, -0.15) is 0 Å². The normalized spacial score (nSPS) is 23.2.